The van der Waals surface area contributed by atoms with Gasteiger partial charge in [0.15, 0.2) is 23.3 Å². The highest BCUT2D eigenvalue weighted by atomic mass is 19.2. The number of rotatable bonds is 4. The maximum Gasteiger partial charge on any atom is 0.172 e. The third-order valence-electron chi connectivity index (χ3n) is 5.55. The Kier molecular flexibility index (Phi) is 5.18. The molecule has 156 valence electrons. The van der Waals surface area contributed by atoms with Crippen molar-refractivity contribution in [1.82, 2.24) is 9.97 Å². The topological polar surface area (TPSA) is 59.5 Å². The molecule has 0 amide bonds. The van der Waals surface area contributed by atoms with Crippen molar-refractivity contribution in [2.75, 3.05) is 43.1 Å². The van der Waals surface area contributed by atoms with Gasteiger partial charge in [0, 0.05) is 19.7 Å². The predicted molar refractivity (Wildman–Crippen MR) is 110 cm³/mol. The van der Waals surface area contributed by atoms with Crippen molar-refractivity contribution in [3.63, 3.8) is 0 Å². The van der Waals surface area contributed by atoms with E-state index in [0.29, 0.717) is 31.2 Å². The lowest BCUT2D eigenvalue weighted by atomic mass is 10.0. The van der Waals surface area contributed by atoms with Gasteiger partial charge in [0.05, 0.1) is 30.3 Å². The van der Waals surface area contributed by atoms with Crippen molar-refractivity contribution in [1.29, 1.82) is 0 Å². The summed E-state index contributed by atoms with van der Waals surface area (Å²) in [6, 6.07) is 11.5. The number of hydrogen-bond donors (Lipinski definition) is 1. The Morgan fingerprint density at radius 3 is 2.47 bits per heavy atom. The van der Waals surface area contributed by atoms with Gasteiger partial charge in [0.1, 0.15) is 6.10 Å². The Morgan fingerprint density at radius 2 is 1.70 bits per heavy atom. The second kappa shape index (κ2) is 8.12. The van der Waals surface area contributed by atoms with Gasteiger partial charge >= 0.3 is 0 Å². The summed E-state index contributed by atoms with van der Waals surface area (Å²) < 4.78 is 38.5. The summed E-state index contributed by atoms with van der Waals surface area (Å²) in [5.41, 5.74) is 2.22. The molecule has 2 fully saturated rings. The van der Waals surface area contributed by atoms with Crippen LogP contribution in [0.25, 0.3) is 11.0 Å². The number of halogens is 2. The molecule has 8 heteroatoms. The molecule has 3 aromatic rings. The first-order valence-corrected chi connectivity index (χ1v) is 10.1. The molecule has 1 N–H and O–H groups in total. The number of fused-ring (bicyclic) bond motifs is 1. The fourth-order valence-corrected chi connectivity index (χ4v) is 4.01. The summed E-state index contributed by atoms with van der Waals surface area (Å²) in [7, 11) is 0. The fraction of sp³-hybridized carbons (Fsp3) is 0.364. The summed E-state index contributed by atoms with van der Waals surface area (Å²) >= 11 is 0. The zero-order valence-electron chi connectivity index (χ0n) is 16.4. The van der Waals surface area contributed by atoms with Crippen LogP contribution < -0.4 is 10.2 Å². The van der Waals surface area contributed by atoms with E-state index >= 15 is 0 Å². The van der Waals surface area contributed by atoms with E-state index in [0.717, 1.165) is 42.4 Å². The molecule has 30 heavy (non-hydrogen) atoms. The first-order valence-electron chi connectivity index (χ1n) is 10.1. The van der Waals surface area contributed by atoms with Crippen LogP contribution in [0, 0.1) is 11.6 Å². The summed E-state index contributed by atoms with van der Waals surface area (Å²) in [5, 5.41) is 3.48. The van der Waals surface area contributed by atoms with Crippen LogP contribution in [0.3, 0.4) is 0 Å². The molecular weight excluding hydrogens is 390 g/mol. The number of anilines is 2. The van der Waals surface area contributed by atoms with Crippen LogP contribution in [0.2, 0.25) is 0 Å². The fourth-order valence-electron chi connectivity index (χ4n) is 4.01. The molecular formula is C22H22F2N4O2. The number of ether oxygens (including phenoxy) is 2. The molecule has 2 saturated heterocycles. The highest BCUT2D eigenvalue weighted by molar-refractivity contribution is 5.80. The van der Waals surface area contributed by atoms with Gasteiger partial charge < -0.3 is 19.7 Å². The number of morpholine rings is 1. The number of aromatic nitrogens is 2. The van der Waals surface area contributed by atoms with Crippen LogP contribution in [-0.2, 0) is 9.47 Å². The van der Waals surface area contributed by atoms with Gasteiger partial charge in [0.25, 0.3) is 0 Å². The molecule has 5 rings (SSSR count). The molecule has 0 bridgehead atoms. The van der Waals surface area contributed by atoms with Gasteiger partial charge in [-0.15, -0.1) is 0 Å². The molecule has 0 radical (unpaired) electrons. The van der Waals surface area contributed by atoms with Gasteiger partial charge in [-0.3, -0.25) is 0 Å². The van der Waals surface area contributed by atoms with Crippen LogP contribution >= 0.6 is 0 Å². The summed E-state index contributed by atoms with van der Waals surface area (Å²) in [4.78, 5) is 11.8. The third-order valence-corrected chi connectivity index (χ3v) is 5.55. The molecule has 0 spiro atoms. The van der Waals surface area contributed by atoms with Crippen molar-refractivity contribution in [3.8, 4) is 0 Å². The van der Waals surface area contributed by atoms with E-state index in [1.807, 2.05) is 24.3 Å². The number of nitrogens with one attached hydrogen (secondary N) is 1. The average molecular weight is 412 g/mol. The minimum Gasteiger partial charge on any atom is -0.378 e. The van der Waals surface area contributed by atoms with E-state index in [1.54, 1.807) is 6.07 Å². The number of benzene rings is 2. The largest absolute Gasteiger partial charge is 0.378 e. The second-order valence-electron chi connectivity index (χ2n) is 7.49. The maximum absolute atomic E-state index is 13.8. The molecule has 3 heterocycles. The summed E-state index contributed by atoms with van der Waals surface area (Å²) in [6.07, 6.45) is 0.326. The van der Waals surface area contributed by atoms with E-state index in [9.17, 15) is 8.78 Å². The molecule has 2 aromatic carbocycles. The molecule has 2 aliphatic heterocycles. The van der Waals surface area contributed by atoms with Gasteiger partial charge in [-0.1, -0.05) is 18.2 Å². The number of nitrogens with zero attached hydrogens (tertiary/aromatic N) is 3. The van der Waals surface area contributed by atoms with Crippen molar-refractivity contribution in [2.24, 2.45) is 0 Å². The molecule has 2 atom stereocenters. The molecule has 0 aliphatic carbocycles. The first-order chi connectivity index (χ1) is 14.7. The molecule has 2 aliphatic rings. The Hall–Kier alpha value is -2.84. The smallest absolute Gasteiger partial charge is 0.172 e. The normalized spacial score (nSPS) is 21.9. The van der Waals surface area contributed by atoms with E-state index in [4.69, 9.17) is 19.4 Å². The molecule has 0 saturated carbocycles. The van der Waals surface area contributed by atoms with Crippen molar-refractivity contribution >= 4 is 22.7 Å². The SMILES string of the molecule is Fc1ccc(C2OCCC2Nc2nc3ccccc3nc2N2CCOCC2)cc1F. The van der Waals surface area contributed by atoms with Gasteiger partial charge in [-0.25, -0.2) is 18.7 Å². The predicted octanol–water partition coefficient (Wildman–Crippen LogP) is 3.69. The highest BCUT2D eigenvalue weighted by Crippen LogP contribution is 2.34. The molecule has 2 unspecified atom stereocenters. The van der Waals surface area contributed by atoms with Crippen molar-refractivity contribution < 1.29 is 18.3 Å². The number of hydrogen-bond acceptors (Lipinski definition) is 6. The average Bonchev–Trinajstić information content (AvgIpc) is 3.24. The second-order valence-corrected chi connectivity index (χ2v) is 7.49. The van der Waals surface area contributed by atoms with E-state index in [-0.39, 0.29) is 6.04 Å². The minimum absolute atomic E-state index is 0.134. The minimum atomic E-state index is -0.874. The monoisotopic (exact) mass is 412 g/mol. The maximum atomic E-state index is 13.8. The van der Waals surface area contributed by atoms with Crippen LogP contribution in [0.1, 0.15) is 18.1 Å². The van der Waals surface area contributed by atoms with Crippen LogP contribution in [0.5, 0.6) is 0 Å². The molecule has 1 aromatic heterocycles. The highest BCUT2D eigenvalue weighted by Gasteiger charge is 2.32. The van der Waals surface area contributed by atoms with Crippen LogP contribution in [0.15, 0.2) is 42.5 Å². The van der Waals surface area contributed by atoms with E-state index in [2.05, 4.69) is 10.2 Å². The first kappa shape index (κ1) is 19.1. The van der Waals surface area contributed by atoms with Crippen LogP contribution in [0.4, 0.5) is 20.4 Å². The van der Waals surface area contributed by atoms with Gasteiger partial charge in [-0.2, -0.15) is 0 Å². The Bertz CT molecular complexity index is 1060. The number of para-hydroxylation sites is 2. The van der Waals surface area contributed by atoms with E-state index < -0.39 is 17.7 Å². The quantitative estimate of drug-likeness (QED) is 0.706. The summed E-state index contributed by atoms with van der Waals surface area (Å²) in [6.45, 7) is 3.26. The Balaban J connectivity index is 1.49. The Labute approximate surface area is 172 Å². The zero-order valence-corrected chi connectivity index (χ0v) is 16.4. The van der Waals surface area contributed by atoms with E-state index in [1.165, 1.54) is 6.07 Å². The summed E-state index contributed by atoms with van der Waals surface area (Å²) in [5.74, 6) is -0.302. The van der Waals surface area contributed by atoms with Crippen LogP contribution in [-0.4, -0.2) is 48.9 Å². The van der Waals surface area contributed by atoms with Crippen molar-refractivity contribution in [2.45, 2.75) is 18.6 Å². The lowest BCUT2D eigenvalue weighted by Gasteiger charge is -2.30. The molecule has 6 nitrogen and oxygen atoms in total. The lowest BCUT2D eigenvalue weighted by molar-refractivity contribution is 0.107. The van der Waals surface area contributed by atoms with Gasteiger partial charge in [-0.05, 0) is 36.2 Å². The standard InChI is InChI=1S/C22H22F2N4O2/c23-15-6-5-14(13-16(15)24)20-19(7-10-30-20)26-21-22(28-8-11-29-12-9-28)27-18-4-2-1-3-17(18)25-21/h1-6,13,19-20H,7-12H2,(H,25,26). The zero-order chi connectivity index (χ0) is 20.5. The van der Waals surface area contributed by atoms with Gasteiger partial charge in [0.2, 0.25) is 0 Å². The lowest BCUT2D eigenvalue weighted by Crippen LogP contribution is -2.38. The third kappa shape index (κ3) is 3.68. The Morgan fingerprint density at radius 1 is 0.933 bits per heavy atom. The van der Waals surface area contributed by atoms with Crippen molar-refractivity contribution in [3.05, 3.63) is 59.7 Å².